The second-order valence-corrected chi connectivity index (χ2v) is 4.99. The molecule has 1 aliphatic rings. The molecule has 0 saturated carbocycles. The molecule has 1 N–H and O–H groups in total. The number of nitrogens with one attached hydrogen (secondary N) is 1. The highest BCUT2D eigenvalue weighted by molar-refractivity contribution is 5.75. The minimum Gasteiger partial charge on any atom is -0.469 e. The molecule has 2 amide bonds. The van der Waals surface area contributed by atoms with Gasteiger partial charge in [-0.25, -0.2) is 4.79 Å². The number of nitrogens with zero attached hydrogens (tertiary/aromatic N) is 1. The predicted molar refractivity (Wildman–Crippen MR) is 75.5 cm³/mol. The zero-order chi connectivity index (χ0) is 14.8. The first-order valence-electron chi connectivity index (χ1n) is 7.38. The van der Waals surface area contributed by atoms with Gasteiger partial charge in [-0.2, -0.15) is 0 Å². The summed E-state index contributed by atoms with van der Waals surface area (Å²) in [5.41, 5.74) is 0. The number of methoxy groups -OCH3 is 1. The lowest BCUT2D eigenvalue weighted by molar-refractivity contribution is -0.140. The van der Waals surface area contributed by atoms with Crippen LogP contribution in [0.4, 0.5) is 4.79 Å². The van der Waals surface area contributed by atoms with Crippen LogP contribution in [0.3, 0.4) is 0 Å². The zero-order valence-electron chi connectivity index (χ0n) is 12.5. The molecule has 6 heteroatoms. The standard InChI is InChI=1S/C14H26N2O4/c1-3-4-8-15-14(18)16(9-7-13(17)19-2)11-12-6-5-10-20-12/h12H,3-11H2,1-2H3,(H,15,18). The fourth-order valence-electron chi connectivity index (χ4n) is 2.12. The largest absolute Gasteiger partial charge is 0.469 e. The average Bonchev–Trinajstić information content (AvgIpc) is 2.96. The summed E-state index contributed by atoms with van der Waals surface area (Å²) in [5.74, 6) is -0.302. The van der Waals surface area contributed by atoms with Crippen LogP contribution in [0, 0.1) is 0 Å². The topological polar surface area (TPSA) is 67.9 Å². The van der Waals surface area contributed by atoms with Gasteiger partial charge in [0, 0.05) is 26.2 Å². The molecule has 1 aliphatic heterocycles. The second-order valence-electron chi connectivity index (χ2n) is 4.99. The predicted octanol–water partition coefficient (Wildman–Crippen LogP) is 1.54. The van der Waals surface area contributed by atoms with Crippen LogP contribution in [-0.4, -0.2) is 56.4 Å². The Morgan fingerprint density at radius 2 is 2.25 bits per heavy atom. The van der Waals surface area contributed by atoms with Gasteiger partial charge in [0.05, 0.1) is 19.6 Å². The number of hydrogen-bond acceptors (Lipinski definition) is 4. The molecule has 0 spiro atoms. The van der Waals surface area contributed by atoms with Gasteiger partial charge in [-0.05, 0) is 19.3 Å². The van der Waals surface area contributed by atoms with Gasteiger partial charge in [0.1, 0.15) is 0 Å². The van der Waals surface area contributed by atoms with Crippen LogP contribution in [-0.2, 0) is 14.3 Å². The number of carbonyl (C=O) groups is 2. The summed E-state index contributed by atoms with van der Waals surface area (Å²) in [4.78, 5) is 25.0. The fourth-order valence-corrected chi connectivity index (χ4v) is 2.12. The Balaban J connectivity index is 2.43. The van der Waals surface area contributed by atoms with Crippen molar-refractivity contribution >= 4 is 12.0 Å². The Labute approximate surface area is 120 Å². The normalized spacial score (nSPS) is 17.8. The first kappa shape index (κ1) is 16.8. The van der Waals surface area contributed by atoms with Crippen LogP contribution in [0.5, 0.6) is 0 Å². The molecule has 1 heterocycles. The average molecular weight is 286 g/mol. The van der Waals surface area contributed by atoms with Crippen molar-refractivity contribution in [3.63, 3.8) is 0 Å². The fraction of sp³-hybridized carbons (Fsp3) is 0.857. The maximum atomic E-state index is 12.1. The number of unbranched alkanes of at least 4 members (excludes halogenated alkanes) is 1. The first-order chi connectivity index (χ1) is 9.67. The first-order valence-corrected chi connectivity index (χ1v) is 7.38. The van der Waals surface area contributed by atoms with Gasteiger partial charge in [-0.3, -0.25) is 4.79 Å². The third kappa shape index (κ3) is 6.23. The van der Waals surface area contributed by atoms with E-state index in [2.05, 4.69) is 17.0 Å². The Morgan fingerprint density at radius 1 is 1.45 bits per heavy atom. The molecule has 1 fully saturated rings. The molecule has 6 nitrogen and oxygen atoms in total. The van der Waals surface area contributed by atoms with Crippen molar-refractivity contribution in [3.8, 4) is 0 Å². The van der Waals surface area contributed by atoms with E-state index in [-0.39, 0.29) is 24.5 Å². The minimum atomic E-state index is -0.302. The van der Waals surface area contributed by atoms with E-state index in [1.165, 1.54) is 7.11 Å². The van der Waals surface area contributed by atoms with Gasteiger partial charge in [0.25, 0.3) is 0 Å². The number of hydrogen-bond donors (Lipinski definition) is 1. The van der Waals surface area contributed by atoms with E-state index in [0.29, 0.717) is 19.6 Å². The minimum absolute atomic E-state index is 0.0876. The SMILES string of the molecule is CCCCNC(=O)N(CCC(=O)OC)CC1CCCO1. The van der Waals surface area contributed by atoms with E-state index < -0.39 is 0 Å². The number of esters is 1. The number of urea groups is 1. The summed E-state index contributed by atoms with van der Waals surface area (Å²) in [6.07, 6.45) is 4.29. The zero-order valence-corrected chi connectivity index (χ0v) is 12.5. The highest BCUT2D eigenvalue weighted by Gasteiger charge is 2.22. The summed E-state index contributed by atoms with van der Waals surface area (Å²) >= 11 is 0. The second kappa shape index (κ2) is 9.58. The van der Waals surface area contributed by atoms with Crippen molar-refractivity contribution in [2.75, 3.05) is 33.4 Å². The lowest BCUT2D eigenvalue weighted by Crippen LogP contribution is -2.45. The van der Waals surface area contributed by atoms with Crippen LogP contribution >= 0.6 is 0 Å². The molecule has 0 radical (unpaired) electrons. The molecule has 1 rings (SSSR count). The summed E-state index contributed by atoms with van der Waals surface area (Å²) in [6.45, 7) is 4.40. The van der Waals surface area contributed by atoms with Crippen molar-refractivity contribution in [1.82, 2.24) is 10.2 Å². The molecule has 116 valence electrons. The third-order valence-corrected chi connectivity index (χ3v) is 3.36. The van der Waals surface area contributed by atoms with E-state index >= 15 is 0 Å². The van der Waals surface area contributed by atoms with Crippen LogP contribution in [0.2, 0.25) is 0 Å². The lowest BCUT2D eigenvalue weighted by atomic mass is 10.2. The molecule has 0 aromatic heterocycles. The molecule has 1 saturated heterocycles. The third-order valence-electron chi connectivity index (χ3n) is 3.36. The molecule has 0 bridgehead atoms. The van der Waals surface area contributed by atoms with Crippen LogP contribution < -0.4 is 5.32 Å². The Kier molecular flexibility index (Phi) is 8.02. The molecule has 20 heavy (non-hydrogen) atoms. The van der Waals surface area contributed by atoms with Crippen LogP contribution in [0.1, 0.15) is 39.0 Å². The van der Waals surface area contributed by atoms with Crippen molar-refractivity contribution in [1.29, 1.82) is 0 Å². The number of carbonyl (C=O) groups excluding carboxylic acids is 2. The van der Waals surface area contributed by atoms with Crippen molar-refractivity contribution in [3.05, 3.63) is 0 Å². The lowest BCUT2D eigenvalue weighted by Gasteiger charge is -2.25. The molecule has 1 unspecified atom stereocenters. The Bertz CT molecular complexity index is 304. The summed E-state index contributed by atoms with van der Waals surface area (Å²) in [6, 6.07) is -0.127. The van der Waals surface area contributed by atoms with Crippen molar-refractivity contribution < 1.29 is 19.1 Å². The van der Waals surface area contributed by atoms with E-state index in [0.717, 1.165) is 32.3 Å². The molecular weight excluding hydrogens is 260 g/mol. The van der Waals surface area contributed by atoms with E-state index in [4.69, 9.17) is 4.74 Å². The Morgan fingerprint density at radius 3 is 2.85 bits per heavy atom. The molecule has 0 aromatic rings. The highest BCUT2D eigenvalue weighted by Crippen LogP contribution is 2.13. The van der Waals surface area contributed by atoms with Crippen LogP contribution in [0.15, 0.2) is 0 Å². The Hall–Kier alpha value is -1.30. The van der Waals surface area contributed by atoms with Crippen LogP contribution in [0.25, 0.3) is 0 Å². The van der Waals surface area contributed by atoms with Gasteiger partial charge < -0.3 is 19.7 Å². The quantitative estimate of drug-likeness (QED) is 0.543. The molecule has 0 aliphatic carbocycles. The van der Waals surface area contributed by atoms with Gasteiger partial charge in [0.2, 0.25) is 0 Å². The van der Waals surface area contributed by atoms with Crippen molar-refractivity contribution in [2.45, 2.75) is 45.1 Å². The molecule has 1 atom stereocenters. The maximum Gasteiger partial charge on any atom is 0.317 e. The summed E-state index contributed by atoms with van der Waals surface area (Å²) in [5, 5.41) is 2.88. The molecule has 0 aromatic carbocycles. The number of amides is 2. The number of ether oxygens (including phenoxy) is 2. The van der Waals surface area contributed by atoms with E-state index in [1.54, 1.807) is 4.90 Å². The van der Waals surface area contributed by atoms with Crippen molar-refractivity contribution in [2.24, 2.45) is 0 Å². The van der Waals surface area contributed by atoms with Gasteiger partial charge in [-0.15, -0.1) is 0 Å². The van der Waals surface area contributed by atoms with Gasteiger partial charge in [-0.1, -0.05) is 13.3 Å². The van der Waals surface area contributed by atoms with Gasteiger partial charge in [0.15, 0.2) is 0 Å². The maximum absolute atomic E-state index is 12.1. The summed E-state index contributed by atoms with van der Waals surface area (Å²) < 4.78 is 10.2. The smallest absolute Gasteiger partial charge is 0.317 e. The van der Waals surface area contributed by atoms with E-state index in [9.17, 15) is 9.59 Å². The molecular formula is C14H26N2O4. The monoisotopic (exact) mass is 286 g/mol. The van der Waals surface area contributed by atoms with E-state index in [1.807, 2.05) is 0 Å². The van der Waals surface area contributed by atoms with Gasteiger partial charge >= 0.3 is 12.0 Å². The summed E-state index contributed by atoms with van der Waals surface area (Å²) in [7, 11) is 1.36. The number of rotatable bonds is 8. The highest BCUT2D eigenvalue weighted by atomic mass is 16.5.